The summed E-state index contributed by atoms with van der Waals surface area (Å²) in [6.07, 6.45) is 3.51. The van der Waals surface area contributed by atoms with Gasteiger partial charge in [-0.1, -0.05) is 12.1 Å². The van der Waals surface area contributed by atoms with Gasteiger partial charge in [0.25, 0.3) is 0 Å². The quantitative estimate of drug-likeness (QED) is 0.682. The molecule has 164 valence electrons. The number of carboxylic acids is 1. The molecule has 0 aliphatic carbocycles. The first-order chi connectivity index (χ1) is 14.9. The van der Waals surface area contributed by atoms with Crippen LogP contribution in [0.3, 0.4) is 0 Å². The Morgan fingerprint density at radius 3 is 2.74 bits per heavy atom. The number of aromatic nitrogens is 1. The molecule has 1 atom stereocenters. The minimum absolute atomic E-state index is 0.00232. The number of carbonyl (C=O) groups excluding carboxylic acids is 1. The van der Waals surface area contributed by atoms with Crippen LogP contribution >= 0.6 is 0 Å². The number of anilines is 2. The molecule has 2 aliphatic heterocycles. The van der Waals surface area contributed by atoms with Crippen LogP contribution in [0.1, 0.15) is 37.3 Å². The fourth-order valence-corrected chi connectivity index (χ4v) is 4.40. The second-order valence-corrected chi connectivity index (χ2v) is 8.58. The van der Waals surface area contributed by atoms with Crippen LogP contribution in [-0.4, -0.2) is 52.5 Å². The van der Waals surface area contributed by atoms with Crippen molar-refractivity contribution >= 4 is 23.4 Å². The first kappa shape index (κ1) is 21.3. The molecule has 7 nitrogen and oxygen atoms in total. The zero-order valence-electron chi connectivity index (χ0n) is 18.1. The Morgan fingerprint density at radius 2 is 2.00 bits per heavy atom. The average Bonchev–Trinajstić information content (AvgIpc) is 2.79. The number of aliphatic carboxylic acids is 1. The molecule has 31 heavy (non-hydrogen) atoms. The molecule has 1 aromatic carbocycles. The number of carboxylic acid groups (broad SMARTS) is 1. The molecule has 7 heteroatoms. The van der Waals surface area contributed by atoms with E-state index in [2.05, 4.69) is 29.7 Å². The highest BCUT2D eigenvalue weighted by molar-refractivity contribution is 5.93. The molecule has 0 spiro atoms. The van der Waals surface area contributed by atoms with Crippen LogP contribution < -0.4 is 10.6 Å². The molecule has 0 saturated carbocycles. The Balaban J connectivity index is 1.44. The van der Waals surface area contributed by atoms with Gasteiger partial charge in [-0.2, -0.15) is 0 Å². The lowest BCUT2D eigenvalue weighted by molar-refractivity contribution is -0.143. The molecule has 1 saturated heterocycles. The summed E-state index contributed by atoms with van der Waals surface area (Å²) >= 11 is 0. The maximum atomic E-state index is 12.8. The number of benzene rings is 1. The average molecular weight is 423 g/mol. The first-order valence-corrected chi connectivity index (χ1v) is 11.0. The number of hydrogen-bond donors (Lipinski definition) is 3. The summed E-state index contributed by atoms with van der Waals surface area (Å²) in [5.74, 6) is 0.0339. The summed E-state index contributed by atoms with van der Waals surface area (Å²) < 4.78 is 0. The zero-order chi connectivity index (χ0) is 22.0. The molecular weight excluding hydrogens is 392 g/mol. The SMILES string of the molecule is Cc1ccc(NC(=O)C2CCN(C(C)C(=O)O)CC2)cc1-c1ccc2c(n1)NCCC2. The largest absolute Gasteiger partial charge is 0.480 e. The van der Waals surface area contributed by atoms with Crippen molar-refractivity contribution in [3.8, 4) is 11.3 Å². The van der Waals surface area contributed by atoms with Crippen molar-refractivity contribution < 1.29 is 14.7 Å². The number of fused-ring (bicyclic) bond motifs is 1. The Kier molecular flexibility index (Phi) is 6.23. The van der Waals surface area contributed by atoms with Crippen molar-refractivity contribution in [1.29, 1.82) is 0 Å². The molecule has 4 rings (SSSR count). The van der Waals surface area contributed by atoms with E-state index in [4.69, 9.17) is 4.98 Å². The summed E-state index contributed by atoms with van der Waals surface area (Å²) in [4.78, 5) is 30.8. The van der Waals surface area contributed by atoms with Crippen molar-refractivity contribution in [3.05, 3.63) is 41.5 Å². The summed E-state index contributed by atoms with van der Waals surface area (Å²) in [6.45, 7) is 5.94. The first-order valence-electron chi connectivity index (χ1n) is 11.0. The Labute approximate surface area is 182 Å². The lowest BCUT2D eigenvalue weighted by Crippen LogP contribution is -2.45. The van der Waals surface area contributed by atoms with E-state index in [0.717, 1.165) is 47.7 Å². The van der Waals surface area contributed by atoms with Gasteiger partial charge >= 0.3 is 5.97 Å². The summed E-state index contributed by atoms with van der Waals surface area (Å²) in [5, 5.41) is 15.6. The molecule has 3 N–H and O–H groups in total. The van der Waals surface area contributed by atoms with Gasteiger partial charge in [0.1, 0.15) is 11.9 Å². The molecule has 1 amide bonds. The van der Waals surface area contributed by atoms with E-state index >= 15 is 0 Å². The van der Waals surface area contributed by atoms with Crippen molar-refractivity contribution in [2.45, 2.75) is 45.6 Å². The van der Waals surface area contributed by atoms with E-state index in [-0.39, 0.29) is 11.8 Å². The van der Waals surface area contributed by atoms with E-state index in [9.17, 15) is 14.7 Å². The normalized spacial score (nSPS) is 18.0. The molecule has 1 unspecified atom stereocenters. The van der Waals surface area contributed by atoms with E-state index in [1.165, 1.54) is 5.56 Å². The Hall–Kier alpha value is -2.93. The van der Waals surface area contributed by atoms with Gasteiger partial charge in [0.15, 0.2) is 0 Å². The molecule has 1 aromatic heterocycles. The van der Waals surface area contributed by atoms with Crippen LogP contribution in [0.5, 0.6) is 0 Å². The summed E-state index contributed by atoms with van der Waals surface area (Å²) in [7, 11) is 0. The minimum Gasteiger partial charge on any atom is -0.480 e. The number of pyridine rings is 1. The van der Waals surface area contributed by atoms with E-state index in [1.54, 1.807) is 6.92 Å². The van der Waals surface area contributed by atoms with Gasteiger partial charge in [0.2, 0.25) is 5.91 Å². The summed E-state index contributed by atoms with van der Waals surface area (Å²) in [6, 6.07) is 9.61. The van der Waals surface area contributed by atoms with Gasteiger partial charge in [0, 0.05) is 23.7 Å². The second-order valence-electron chi connectivity index (χ2n) is 8.58. The molecule has 2 aliphatic rings. The maximum Gasteiger partial charge on any atom is 0.320 e. The van der Waals surface area contributed by atoms with Crippen LogP contribution in [0.2, 0.25) is 0 Å². The predicted molar refractivity (Wildman–Crippen MR) is 121 cm³/mol. The maximum absolute atomic E-state index is 12.8. The number of nitrogens with one attached hydrogen (secondary N) is 2. The number of carbonyl (C=O) groups is 2. The van der Waals surface area contributed by atoms with Crippen molar-refractivity contribution in [2.75, 3.05) is 30.3 Å². The molecule has 3 heterocycles. The number of aryl methyl sites for hydroxylation is 2. The second kappa shape index (κ2) is 9.06. The highest BCUT2D eigenvalue weighted by atomic mass is 16.4. The summed E-state index contributed by atoms with van der Waals surface area (Å²) in [5.41, 5.74) is 5.04. The van der Waals surface area contributed by atoms with E-state index in [1.807, 2.05) is 23.1 Å². The van der Waals surface area contributed by atoms with Gasteiger partial charge in [0.05, 0.1) is 5.69 Å². The zero-order valence-corrected chi connectivity index (χ0v) is 18.1. The number of piperidine rings is 1. The molecule has 0 bridgehead atoms. The smallest absolute Gasteiger partial charge is 0.320 e. The van der Waals surface area contributed by atoms with Crippen molar-refractivity contribution in [3.63, 3.8) is 0 Å². The van der Waals surface area contributed by atoms with Gasteiger partial charge in [-0.25, -0.2) is 4.98 Å². The number of amides is 1. The Bertz CT molecular complexity index is 983. The minimum atomic E-state index is -0.818. The van der Waals surface area contributed by atoms with Crippen molar-refractivity contribution in [2.24, 2.45) is 5.92 Å². The number of nitrogens with zero attached hydrogens (tertiary/aromatic N) is 2. The van der Waals surface area contributed by atoms with Crippen LogP contribution in [0.4, 0.5) is 11.5 Å². The van der Waals surface area contributed by atoms with Crippen LogP contribution in [0.25, 0.3) is 11.3 Å². The highest BCUT2D eigenvalue weighted by Gasteiger charge is 2.29. The van der Waals surface area contributed by atoms with Gasteiger partial charge in [-0.05, 0) is 81.9 Å². The third kappa shape index (κ3) is 4.71. The van der Waals surface area contributed by atoms with E-state index < -0.39 is 12.0 Å². The number of rotatable bonds is 5. The van der Waals surface area contributed by atoms with Gasteiger partial charge < -0.3 is 15.7 Å². The monoisotopic (exact) mass is 422 g/mol. The standard InChI is InChI=1S/C24H30N4O3/c1-15-5-7-19(14-20(15)21-8-6-17-4-3-11-25-22(17)27-21)26-23(29)18-9-12-28(13-10-18)16(2)24(30)31/h5-8,14,16,18H,3-4,9-13H2,1-2H3,(H,25,27)(H,26,29)(H,30,31). The molecular formula is C24H30N4O3. The fourth-order valence-electron chi connectivity index (χ4n) is 4.40. The molecule has 2 aromatic rings. The topological polar surface area (TPSA) is 94.6 Å². The fraction of sp³-hybridized carbons (Fsp3) is 0.458. The molecule has 1 fully saturated rings. The van der Waals surface area contributed by atoms with Crippen LogP contribution in [0, 0.1) is 12.8 Å². The lowest BCUT2D eigenvalue weighted by atomic mass is 9.94. The Morgan fingerprint density at radius 1 is 1.23 bits per heavy atom. The number of likely N-dealkylation sites (tertiary alicyclic amines) is 1. The highest BCUT2D eigenvalue weighted by Crippen LogP contribution is 2.30. The lowest BCUT2D eigenvalue weighted by Gasteiger charge is -2.33. The van der Waals surface area contributed by atoms with Crippen LogP contribution in [-0.2, 0) is 16.0 Å². The number of hydrogen-bond acceptors (Lipinski definition) is 5. The van der Waals surface area contributed by atoms with Crippen LogP contribution in [0.15, 0.2) is 30.3 Å². The van der Waals surface area contributed by atoms with Gasteiger partial charge in [-0.15, -0.1) is 0 Å². The third-order valence-corrected chi connectivity index (χ3v) is 6.48. The third-order valence-electron chi connectivity index (χ3n) is 6.48. The van der Waals surface area contributed by atoms with Gasteiger partial charge in [-0.3, -0.25) is 14.5 Å². The van der Waals surface area contributed by atoms with E-state index in [0.29, 0.717) is 25.9 Å². The predicted octanol–water partition coefficient (Wildman–Crippen LogP) is 3.54. The molecule has 0 radical (unpaired) electrons. The van der Waals surface area contributed by atoms with Crippen molar-refractivity contribution in [1.82, 2.24) is 9.88 Å².